The molecule has 0 bridgehead atoms. The van der Waals surface area contributed by atoms with E-state index in [0.717, 1.165) is 5.56 Å². The topological polar surface area (TPSA) is 103 Å². The Morgan fingerprint density at radius 3 is 2.70 bits per heavy atom. The number of para-hydroxylation sites is 1. The minimum absolute atomic E-state index is 0.198. The second-order valence-corrected chi connectivity index (χ2v) is 8.64. The second-order valence-electron chi connectivity index (χ2n) is 7.23. The molecule has 1 amide bonds. The van der Waals surface area contributed by atoms with Gasteiger partial charge in [-0.25, -0.2) is 4.98 Å². The van der Waals surface area contributed by atoms with Crippen molar-refractivity contribution in [2.24, 2.45) is 0 Å². The van der Waals surface area contributed by atoms with Gasteiger partial charge in [0.05, 0.1) is 27.3 Å². The van der Waals surface area contributed by atoms with E-state index in [1.165, 1.54) is 22.2 Å². The van der Waals surface area contributed by atoms with Gasteiger partial charge in [-0.1, -0.05) is 59.2 Å². The number of halogens is 1. The molecule has 0 aliphatic carbocycles. The molecule has 2 aromatic carbocycles. The van der Waals surface area contributed by atoms with Gasteiger partial charge in [-0.2, -0.15) is 4.98 Å². The first-order chi connectivity index (χ1) is 16.0. The number of fused-ring (bicyclic) bond motifs is 1. The van der Waals surface area contributed by atoms with E-state index >= 15 is 0 Å². The Morgan fingerprint density at radius 2 is 1.91 bits per heavy atom. The van der Waals surface area contributed by atoms with Gasteiger partial charge in [-0.05, 0) is 24.6 Å². The molecule has 33 heavy (non-hydrogen) atoms. The number of nitrogens with zero attached hydrogens (tertiary/aromatic N) is 4. The van der Waals surface area contributed by atoms with Gasteiger partial charge in [0.1, 0.15) is 11.4 Å². The third kappa shape index (κ3) is 4.04. The van der Waals surface area contributed by atoms with Gasteiger partial charge in [-0.3, -0.25) is 14.2 Å². The first-order valence-electron chi connectivity index (χ1n) is 9.93. The molecule has 0 fully saturated rings. The predicted octanol–water partition coefficient (Wildman–Crippen LogP) is 4.78. The average molecular weight is 478 g/mol. The van der Waals surface area contributed by atoms with E-state index in [9.17, 15) is 9.59 Å². The Bertz CT molecular complexity index is 1540. The molecule has 0 spiro atoms. The molecule has 10 heteroatoms. The van der Waals surface area contributed by atoms with E-state index in [4.69, 9.17) is 16.1 Å². The summed E-state index contributed by atoms with van der Waals surface area (Å²) in [6.45, 7) is 1.61. The maximum atomic E-state index is 13.1. The summed E-state index contributed by atoms with van der Waals surface area (Å²) >= 11 is 7.38. The Hall–Kier alpha value is -3.82. The second kappa shape index (κ2) is 8.61. The SMILES string of the molecule is Cc1c(-c2nc(-c3ccccc3)no2)sc2ncn(CC(=O)Nc3ccccc3Cl)c(=O)c12. The van der Waals surface area contributed by atoms with Crippen LogP contribution < -0.4 is 10.9 Å². The number of hydrogen-bond acceptors (Lipinski definition) is 7. The molecule has 0 saturated carbocycles. The Morgan fingerprint density at radius 1 is 1.15 bits per heavy atom. The molecule has 0 radical (unpaired) electrons. The van der Waals surface area contributed by atoms with Gasteiger partial charge in [0, 0.05) is 5.56 Å². The highest BCUT2D eigenvalue weighted by Crippen LogP contribution is 2.35. The van der Waals surface area contributed by atoms with Gasteiger partial charge in [-0.15, -0.1) is 11.3 Å². The summed E-state index contributed by atoms with van der Waals surface area (Å²) in [6.07, 6.45) is 1.36. The fourth-order valence-corrected chi connectivity index (χ4v) is 4.65. The summed E-state index contributed by atoms with van der Waals surface area (Å²) < 4.78 is 6.73. The van der Waals surface area contributed by atoms with E-state index < -0.39 is 0 Å². The van der Waals surface area contributed by atoms with Crippen LogP contribution in [0.1, 0.15) is 5.56 Å². The molecule has 1 N–H and O–H groups in total. The summed E-state index contributed by atoms with van der Waals surface area (Å²) in [6, 6.07) is 16.4. The predicted molar refractivity (Wildman–Crippen MR) is 127 cm³/mol. The van der Waals surface area contributed by atoms with Crippen LogP contribution in [0, 0.1) is 6.92 Å². The molecule has 3 aromatic heterocycles. The lowest BCUT2D eigenvalue weighted by atomic mass is 10.2. The van der Waals surface area contributed by atoms with Crippen LogP contribution in [-0.2, 0) is 11.3 Å². The summed E-state index contributed by atoms with van der Waals surface area (Å²) in [5.41, 5.74) is 1.66. The average Bonchev–Trinajstić information content (AvgIpc) is 3.43. The third-order valence-corrected chi connectivity index (χ3v) is 6.55. The van der Waals surface area contributed by atoms with Crippen molar-refractivity contribution >= 4 is 44.7 Å². The zero-order valence-corrected chi connectivity index (χ0v) is 18.9. The van der Waals surface area contributed by atoms with Crippen molar-refractivity contribution in [3.05, 3.63) is 81.9 Å². The number of aromatic nitrogens is 4. The number of aryl methyl sites for hydroxylation is 1. The summed E-state index contributed by atoms with van der Waals surface area (Å²) in [7, 11) is 0. The number of benzene rings is 2. The number of hydrogen-bond donors (Lipinski definition) is 1. The molecule has 0 unspecified atom stereocenters. The van der Waals surface area contributed by atoms with Crippen molar-refractivity contribution < 1.29 is 9.32 Å². The van der Waals surface area contributed by atoms with Crippen LogP contribution >= 0.6 is 22.9 Å². The fourth-order valence-electron chi connectivity index (χ4n) is 3.40. The van der Waals surface area contributed by atoms with E-state index in [2.05, 4.69) is 20.4 Å². The molecule has 0 atom stereocenters. The van der Waals surface area contributed by atoms with Crippen molar-refractivity contribution in [2.75, 3.05) is 5.32 Å². The zero-order valence-electron chi connectivity index (χ0n) is 17.3. The quantitative estimate of drug-likeness (QED) is 0.391. The van der Waals surface area contributed by atoms with Crippen molar-refractivity contribution in [3.63, 3.8) is 0 Å². The Balaban J connectivity index is 1.45. The lowest BCUT2D eigenvalue weighted by Gasteiger charge is -2.08. The van der Waals surface area contributed by atoms with Gasteiger partial charge in [0.15, 0.2) is 0 Å². The van der Waals surface area contributed by atoms with E-state index in [1.54, 1.807) is 31.2 Å². The number of anilines is 1. The number of carbonyl (C=O) groups excluding carboxylic acids is 1. The van der Waals surface area contributed by atoms with Crippen LogP contribution in [0.25, 0.3) is 32.4 Å². The van der Waals surface area contributed by atoms with Gasteiger partial charge < -0.3 is 9.84 Å². The minimum Gasteiger partial charge on any atom is -0.333 e. The van der Waals surface area contributed by atoms with Crippen LogP contribution in [-0.4, -0.2) is 25.6 Å². The van der Waals surface area contributed by atoms with Crippen molar-refractivity contribution in [1.82, 2.24) is 19.7 Å². The molecule has 5 rings (SSSR count). The molecular formula is C23H16ClN5O3S. The van der Waals surface area contributed by atoms with Crippen LogP contribution in [0.4, 0.5) is 5.69 Å². The first kappa shape index (κ1) is 21.0. The van der Waals surface area contributed by atoms with Crippen molar-refractivity contribution in [1.29, 1.82) is 0 Å². The Labute approximate surface area is 196 Å². The largest absolute Gasteiger partial charge is 0.333 e. The van der Waals surface area contributed by atoms with Crippen LogP contribution in [0.5, 0.6) is 0 Å². The van der Waals surface area contributed by atoms with Crippen LogP contribution in [0.15, 0.2) is 70.2 Å². The van der Waals surface area contributed by atoms with Crippen molar-refractivity contribution in [2.45, 2.75) is 13.5 Å². The molecule has 0 aliphatic heterocycles. The van der Waals surface area contributed by atoms with Crippen LogP contribution in [0.3, 0.4) is 0 Å². The highest BCUT2D eigenvalue weighted by Gasteiger charge is 2.21. The van der Waals surface area contributed by atoms with E-state index in [0.29, 0.717) is 43.1 Å². The lowest BCUT2D eigenvalue weighted by molar-refractivity contribution is -0.116. The number of carbonyl (C=O) groups is 1. The van der Waals surface area contributed by atoms with E-state index in [-0.39, 0.29) is 18.0 Å². The van der Waals surface area contributed by atoms with Crippen molar-refractivity contribution in [3.8, 4) is 22.2 Å². The number of nitrogens with one attached hydrogen (secondary N) is 1. The normalized spacial score (nSPS) is 11.1. The smallest absolute Gasteiger partial charge is 0.268 e. The number of thiophene rings is 1. The molecule has 164 valence electrons. The van der Waals surface area contributed by atoms with Gasteiger partial charge in [0.25, 0.3) is 11.4 Å². The zero-order chi connectivity index (χ0) is 22.9. The fraction of sp³-hybridized carbons (Fsp3) is 0.0870. The third-order valence-electron chi connectivity index (χ3n) is 5.03. The highest BCUT2D eigenvalue weighted by molar-refractivity contribution is 7.22. The van der Waals surface area contributed by atoms with Gasteiger partial charge >= 0.3 is 0 Å². The summed E-state index contributed by atoms with van der Waals surface area (Å²) in [4.78, 5) is 35.7. The van der Waals surface area contributed by atoms with E-state index in [1.807, 2.05) is 30.3 Å². The Kier molecular flexibility index (Phi) is 5.49. The molecule has 3 heterocycles. The number of amides is 1. The highest BCUT2D eigenvalue weighted by atomic mass is 35.5. The van der Waals surface area contributed by atoms with Gasteiger partial charge in [0.2, 0.25) is 11.7 Å². The summed E-state index contributed by atoms with van der Waals surface area (Å²) in [5.74, 6) is 0.393. The maximum Gasteiger partial charge on any atom is 0.268 e. The number of rotatable bonds is 5. The molecule has 0 saturated heterocycles. The molecular weight excluding hydrogens is 462 g/mol. The minimum atomic E-state index is -0.385. The molecule has 5 aromatic rings. The summed E-state index contributed by atoms with van der Waals surface area (Å²) in [5, 5.41) is 7.60. The monoisotopic (exact) mass is 477 g/mol. The lowest BCUT2D eigenvalue weighted by Crippen LogP contribution is -2.27. The standard InChI is InChI=1S/C23H16ClN5O3S/c1-13-18-22(33-19(13)21-27-20(28-32-21)14-7-3-2-4-8-14)25-12-29(23(18)31)11-17(30)26-16-10-6-5-9-15(16)24/h2-10,12H,11H2,1H3,(H,26,30). The first-order valence-corrected chi connectivity index (χ1v) is 11.1. The molecule has 0 aliphatic rings. The maximum absolute atomic E-state index is 13.1. The molecule has 8 nitrogen and oxygen atoms in total. The van der Waals surface area contributed by atoms with Crippen LogP contribution in [0.2, 0.25) is 5.02 Å².